The number of Topliss-reactive ketones (excluding diaryl/α,β-unsaturated/α-hetero) is 1. The fourth-order valence-electron chi connectivity index (χ4n) is 4.43. The molecule has 0 spiro atoms. The molecule has 1 atom stereocenters. The molecule has 8 nitrogen and oxygen atoms in total. The van der Waals surface area contributed by atoms with E-state index in [0.29, 0.717) is 28.1 Å². The molecule has 1 unspecified atom stereocenters. The zero-order valence-electron chi connectivity index (χ0n) is 21.3. The lowest BCUT2D eigenvalue weighted by molar-refractivity contribution is -0.132. The number of aryl methyl sites for hydroxylation is 1. The fourth-order valence-corrected chi connectivity index (χ4v) is 4.43. The van der Waals surface area contributed by atoms with E-state index in [0.717, 1.165) is 11.3 Å². The van der Waals surface area contributed by atoms with Crippen LogP contribution in [0.15, 0.2) is 72.3 Å². The molecule has 8 heteroatoms. The van der Waals surface area contributed by atoms with E-state index in [9.17, 15) is 19.5 Å². The van der Waals surface area contributed by atoms with Gasteiger partial charge >= 0.3 is 5.97 Å². The molecular formula is C29H28N2O6. The van der Waals surface area contributed by atoms with E-state index in [2.05, 4.69) is 0 Å². The van der Waals surface area contributed by atoms with Crippen molar-refractivity contribution in [1.82, 2.24) is 0 Å². The molecule has 1 heterocycles. The summed E-state index contributed by atoms with van der Waals surface area (Å²) in [7, 11) is 6.66. The van der Waals surface area contributed by atoms with Crippen LogP contribution >= 0.6 is 0 Å². The largest absolute Gasteiger partial charge is 0.507 e. The first kappa shape index (κ1) is 25.5. The predicted molar refractivity (Wildman–Crippen MR) is 141 cm³/mol. The van der Waals surface area contributed by atoms with E-state index in [1.807, 2.05) is 50.2 Å². The van der Waals surface area contributed by atoms with E-state index < -0.39 is 23.7 Å². The zero-order valence-corrected chi connectivity index (χ0v) is 21.3. The average molecular weight is 501 g/mol. The van der Waals surface area contributed by atoms with Gasteiger partial charge in [0.25, 0.3) is 11.7 Å². The van der Waals surface area contributed by atoms with Crippen molar-refractivity contribution < 1.29 is 29.0 Å². The van der Waals surface area contributed by atoms with Crippen LogP contribution in [0.4, 0.5) is 11.4 Å². The predicted octanol–water partition coefficient (Wildman–Crippen LogP) is 4.48. The Morgan fingerprint density at radius 1 is 0.919 bits per heavy atom. The number of esters is 1. The van der Waals surface area contributed by atoms with E-state index in [1.165, 1.54) is 24.1 Å². The molecular weight excluding hydrogens is 472 g/mol. The van der Waals surface area contributed by atoms with Crippen molar-refractivity contribution in [1.29, 1.82) is 0 Å². The van der Waals surface area contributed by atoms with Crippen LogP contribution in [0, 0.1) is 6.92 Å². The maximum absolute atomic E-state index is 13.4. The first-order valence-corrected chi connectivity index (χ1v) is 11.6. The third kappa shape index (κ3) is 4.65. The van der Waals surface area contributed by atoms with Gasteiger partial charge in [-0.1, -0.05) is 12.1 Å². The summed E-state index contributed by atoms with van der Waals surface area (Å²) < 4.78 is 10.1. The lowest BCUT2D eigenvalue weighted by Gasteiger charge is -2.26. The van der Waals surface area contributed by atoms with Crippen LogP contribution in [-0.2, 0) is 14.3 Å². The van der Waals surface area contributed by atoms with Gasteiger partial charge in [0.2, 0.25) is 0 Å². The third-order valence-corrected chi connectivity index (χ3v) is 6.40. The summed E-state index contributed by atoms with van der Waals surface area (Å²) in [6.07, 6.45) is 0. The van der Waals surface area contributed by atoms with Gasteiger partial charge in [-0.15, -0.1) is 0 Å². The number of amides is 1. The van der Waals surface area contributed by atoms with Crippen molar-refractivity contribution in [2.75, 3.05) is 38.1 Å². The maximum atomic E-state index is 13.4. The van der Waals surface area contributed by atoms with Gasteiger partial charge in [0.15, 0.2) is 0 Å². The van der Waals surface area contributed by atoms with E-state index in [-0.39, 0.29) is 11.3 Å². The smallest absolute Gasteiger partial charge is 0.337 e. The van der Waals surface area contributed by atoms with Gasteiger partial charge in [-0.25, -0.2) is 4.79 Å². The highest BCUT2D eigenvalue weighted by Gasteiger charge is 2.47. The Kier molecular flexibility index (Phi) is 7.02. The Morgan fingerprint density at radius 2 is 1.54 bits per heavy atom. The van der Waals surface area contributed by atoms with Crippen molar-refractivity contribution in [2.24, 2.45) is 0 Å². The highest BCUT2D eigenvalue weighted by Crippen LogP contribution is 2.42. The normalized spacial score (nSPS) is 16.6. The Morgan fingerprint density at radius 3 is 2.08 bits per heavy atom. The molecule has 1 fully saturated rings. The number of anilines is 2. The minimum Gasteiger partial charge on any atom is -0.507 e. The van der Waals surface area contributed by atoms with Crippen LogP contribution in [0.25, 0.3) is 5.76 Å². The van der Waals surface area contributed by atoms with Crippen molar-refractivity contribution in [2.45, 2.75) is 13.0 Å². The Bertz CT molecular complexity index is 1390. The molecule has 0 radical (unpaired) electrons. The number of aliphatic hydroxyl groups is 1. The van der Waals surface area contributed by atoms with Gasteiger partial charge in [-0.3, -0.25) is 14.5 Å². The minimum absolute atomic E-state index is 0.0239. The Hall–Kier alpha value is -4.59. The van der Waals surface area contributed by atoms with Gasteiger partial charge in [0, 0.05) is 31.0 Å². The third-order valence-electron chi connectivity index (χ3n) is 6.40. The molecule has 37 heavy (non-hydrogen) atoms. The Labute approximate surface area is 215 Å². The first-order valence-electron chi connectivity index (χ1n) is 11.6. The van der Waals surface area contributed by atoms with Crippen LogP contribution < -0.4 is 14.5 Å². The van der Waals surface area contributed by atoms with Crippen LogP contribution in [-0.4, -0.2) is 51.1 Å². The van der Waals surface area contributed by atoms with Gasteiger partial charge < -0.3 is 19.5 Å². The maximum Gasteiger partial charge on any atom is 0.337 e. The van der Waals surface area contributed by atoms with Gasteiger partial charge in [0.1, 0.15) is 11.5 Å². The number of hydrogen-bond donors (Lipinski definition) is 1. The molecule has 0 saturated carbocycles. The molecule has 4 rings (SSSR count). The highest BCUT2D eigenvalue weighted by molar-refractivity contribution is 6.51. The van der Waals surface area contributed by atoms with Crippen molar-refractivity contribution >= 4 is 34.8 Å². The van der Waals surface area contributed by atoms with Crippen molar-refractivity contribution in [3.05, 3.63) is 94.6 Å². The lowest BCUT2D eigenvalue weighted by atomic mass is 9.94. The number of nitrogens with zero attached hydrogens (tertiary/aromatic N) is 2. The average Bonchev–Trinajstić information content (AvgIpc) is 3.17. The SMILES string of the molecule is COC(=O)c1ccc(N2C(=O)C(=O)/C(=C(\O)c3ccc(OC)c(C)c3)C2c2ccc(N(C)C)cc2)cc1. The molecule has 3 aromatic rings. The van der Waals surface area contributed by atoms with Gasteiger partial charge in [-0.2, -0.15) is 0 Å². The summed E-state index contributed by atoms with van der Waals surface area (Å²) in [5, 5.41) is 11.4. The number of carbonyl (C=O) groups is 3. The summed E-state index contributed by atoms with van der Waals surface area (Å²) in [6.45, 7) is 1.83. The van der Waals surface area contributed by atoms with Crippen LogP contribution in [0.3, 0.4) is 0 Å². The lowest BCUT2D eigenvalue weighted by Crippen LogP contribution is -2.29. The molecule has 0 aromatic heterocycles. The van der Waals surface area contributed by atoms with Crippen LogP contribution in [0.2, 0.25) is 0 Å². The van der Waals surface area contributed by atoms with Crippen LogP contribution in [0.5, 0.6) is 5.75 Å². The van der Waals surface area contributed by atoms with Gasteiger partial charge in [0.05, 0.1) is 31.4 Å². The summed E-state index contributed by atoms with van der Waals surface area (Å²) in [5.74, 6) is -1.73. The molecule has 0 aliphatic carbocycles. The molecule has 3 aromatic carbocycles. The number of aliphatic hydroxyl groups excluding tert-OH is 1. The second-order valence-electron chi connectivity index (χ2n) is 8.88. The van der Waals surface area contributed by atoms with Crippen LogP contribution in [0.1, 0.15) is 33.1 Å². The minimum atomic E-state index is -0.886. The molecule has 1 aliphatic heterocycles. The molecule has 190 valence electrons. The number of carbonyl (C=O) groups excluding carboxylic acids is 3. The van der Waals surface area contributed by atoms with E-state index in [4.69, 9.17) is 9.47 Å². The fraction of sp³-hybridized carbons (Fsp3) is 0.207. The summed E-state index contributed by atoms with van der Waals surface area (Å²) >= 11 is 0. The summed E-state index contributed by atoms with van der Waals surface area (Å²) in [4.78, 5) is 41.9. The van der Waals surface area contributed by atoms with Gasteiger partial charge in [-0.05, 0) is 72.6 Å². The Balaban J connectivity index is 1.89. The zero-order chi connectivity index (χ0) is 26.9. The van der Waals surface area contributed by atoms with Crippen molar-refractivity contribution in [3.8, 4) is 5.75 Å². The number of methoxy groups -OCH3 is 2. The van der Waals surface area contributed by atoms with E-state index in [1.54, 1.807) is 37.4 Å². The summed E-state index contributed by atoms with van der Waals surface area (Å²) in [6, 6.07) is 17.8. The summed E-state index contributed by atoms with van der Waals surface area (Å²) in [5.41, 5.74) is 3.44. The first-order chi connectivity index (χ1) is 17.7. The topological polar surface area (TPSA) is 96.4 Å². The molecule has 1 aliphatic rings. The monoisotopic (exact) mass is 500 g/mol. The number of benzene rings is 3. The van der Waals surface area contributed by atoms with E-state index >= 15 is 0 Å². The molecule has 1 amide bonds. The molecule has 1 N–H and O–H groups in total. The number of rotatable bonds is 6. The quantitative estimate of drug-likeness (QED) is 0.231. The highest BCUT2D eigenvalue weighted by atomic mass is 16.5. The van der Waals surface area contributed by atoms with Crippen molar-refractivity contribution in [3.63, 3.8) is 0 Å². The second kappa shape index (κ2) is 10.2. The standard InChI is InChI=1S/C29H28N2O6/c1-17-16-20(10-15-23(17)36-4)26(32)24-25(18-6-11-21(12-7-18)30(2)3)31(28(34)27(24)33)22-13-8-19(9-14-22)29(35)37-5/h6-16,25,32H,1-5H3/b26-24-. The number of ketones is 1. The second-order valence-corrected chi connectivity index (χ2v) is 8.88. The molecule has 1 saturated heterocycles. The number of hydrogen-bond acceptors (Lipinski definition) is 7. The number of ether oxygens (including phenoxy) is 2. The molecule has 0 bridgehead atoms.